The molecule has 2 heterocycles. The molecule has 0 unspecified atom stereocenters. The first-order valence-corrected chi connectivity index (χ1v) is 4.50. The maximum atomic E-state index is 5.62. The number of hydrogen-bond donors (Lipinski definition) is 1. The molecule has 1 aliphatic rings. The van der Waals surface area contributed by atoms with Gasteiger partial charge in [0.15, 0.2) is 0 Å². The number of nitrogens with zero attached hydrogens (tertiary/aromatic N) is 2. The van der Waals surface area contributed by atoms with E-state index in [9.17, 15) is 0 Å². The van der Waals surface area contributed by atoms with Crippen molar-refractivity contribution in [2.75, 3.05) is 6.61 Å². The summed E-state index contributed by atoms with van der Waals surface area (Å²) < 4.78 is 7.52. The molecule has 0 fully saturated rings. The highest BCUT2D eigenvalue weighted by Crippen LogP contribution is 2.30. The minimum atomic E-state index is 0. The molecular weight excluding hydrogens is 202 g/mol. The van der Waals surface area contributed by atoms with Gasteiger partial charge < -0.3 is 10.5 Å². The Morgan fingerprint density at radius 2 is 2.36 bits per heavy atom. The van der Waals surface area contributed by atoms with Gasteiger partial charge in [0.05, 0.1) is 19.3 Å². The van der Waals surface area contributed by atoms with Gasteiger partial charge in [-0.25, -0.2) is 4.68 Å². The summed E-state index contributed by atoms with van der Waals surface area (Å²) in [6.07, 6.45) is 1.79. The van der Waals surface area contributed by atoms with Gasteiger partial charge in [0.2, 0.25) is 5.88 Å². The highest BCUT2D eigenvalue weighted by molar-refractivity contribution is 5.85. The summed E-state index contributed by atoms with van der Waals surface area (Å²) in [6, 6.07) is 0. The number of ether oxygens (including phenoxy) is 1. The lowest BCUT2D eigenvalue weighted by molar-refractivity contribution is 0.0993. The van der Waals surface area contributed by atoms with Crippen LogP contribution in [0.3, 0.4) is 0 Å². The highest BCUT2D eigenvalue weighted by atomic mass is 35.5. The first-order chi connectivity index (χ1) is 6.12. The first-order valence-electron chi connectivity index (χ1n) is 4.50. The molecular formula is C9H16ClN3O. The second kappa shape index (κ2) is 3.79. The van der Waals surface area contributed by atoms with Crippen molar-refractivity contribution in [3.05, 3.63) is 11.8 Å². The third kappa shape index (κ3) is 1.86. The predicted octanol–water partition coefficient (Wildman–Crippen LogP) is 1.18. The van der Waals surface area contributed by atoms with Crippen LogP contribution in [0.25, 0.3) is 0 Å². The molecule has 0 bridgehead atoms. The van der Waals surface area contributed by atoms with Crippen LogP contribution in [0.4, 0.5) is 0 Å². The van der Waals surface area contributed by atoms with Gasteiger partial charge in [-0.3, -0.25) is 0 Å². The van der Waals surface area contributed by atoms with Crippen LogP contribution in [-0.2, 0) is 13.1 Å². The fourth-order valence-electron chi connectivity index (χ4n) is 1.55. The molecule has 0 saturated heterocycles. The smallest absolute Gasteiger partial charge is 0.216 e. The van der Waals surface area contributed by atoms with Crippen molar-refractivity contribution in [2.45, 2.75) is 26.9 Å². The van der Waals surface area contributed by atoms with Crippen LogP contribution < -0.4 is 10.5 Å². The molecule has 1 aromatic rings. The summed E-state index contributed by atoms with van der Waals surface area (Å²) in [5.41, 5.74) is 6.72. The Morgan fingerprint density at radius 3 is 3.00 bits per heavy atom. The lowest BCUT2D eigenvalue weighted by Crippen LogP contribution is -2.33. The zero-order chi connectivity index (χ0) is 9.47. The third-order valence-corrected chi connectivity index (χ3v) is 2.26. The van der Waals surface area contributed by atoms with Crippen LogP contribution >= 0.6 is 12.4 Å². The van der Waals surface area contributed by atoms with Gasteiger partial charge in [-0.15, -0.1) is 12.4 Å². The molecule has 1 aromatic heterocycles. The standard InChI is InChI=1S/C9H15N3O.ClH/c1-9(2)5-12-8(13-6-9)7(3-10)4-11-12;/h4H,3,5-6,10H2,1-2H3;1H. The highest BCUT2D eigenvalue weighted by Gasteiger charge is 2.28. The van der Waals surface area contributed by atoms with Crippen LogP contribution in [0, 0.1) is 5.41 Å². The Hall–Kier alpha value is -0.740. The molecule has 1 aliphatic heterocycles. The minimum absolute atomic E-state index is 0. The lowest BCUT2D eigenvalue weighted by Gasteiger charge is -2.30. The van der Waals surface area contributed by atoms with Crippen LogP contribution in [-0.4, -0.2) is 16.4 Å². The van der Waals surface area contributed by atoms with Crippen molar-refractivity contribution in [1.82, 2.24) is 9.78 Å². The van der Waals surface area contributed by atoms with E-state index >= 15 is 0 Å². The molecule has 0 aliphatic carbocycles. The average Bonchev–Trinajstić information content (AvgIpc) is 2.44. The van der Waals surface area contributed by atoms with Crippen molar-refractivity contribution >= 4 is 12.4 Å². The largest absolute Gasteiger partial charge is 0.477 e. The van der Waals surface area contributed by atoms with Gasteiger partial charge in [-0.05, 0) is 0 Å². The number of halogens is 1. The van der Waals surface area contributed by atoms with Gasteiger partial charge in [0.25, 0.3) is 0 Å². The van der Waals surface area contributed by atoms with E-state index in [1.807, 2.05) is 4.68 Å². The number of fused-ring (bicyclic) bond motifs is 1. The van der Waals surface area contributed by atoms with Crippen LogP contribution in [0.1, 0.15) is 19.4 Å². The van der Waals surface area contributed by atoms with Crippen LogP contribution in [0.5, 0.6) is 5.88 Å². The SMILES string of the molecule is CC1(C)COc2c(CN)cnn2C1.Cl. The lowest BCUT2D eigenvalue weighted by atomic mass is 9.94. The fourth-order valence-corrected chi connectivity index (χ4v) is 1.55. The molecule has 4 nitrogen and oxygen atoms in total. The number of rotatable bonds is 1. The van der Waals surface area contributed by atoms with E-state index in [1.54, 1.807) is 6.20 Å². The van der Waals surface area contributed by atoms with Crippen LogP contribution in [0.2, 0.25) is 0 Å². The van der Waals surface area contributed by atoms with Gasteiger partial charge in [-0.2, -0.15) is 5.10 Å². The number of aromatic nitrogens is 2. The Labute approximate surface area is 89.8 Å². The molecule has 0 amide bonds. The fraction of sp³-hybridized carbons (Fsp3) is 0.667. The molecule has 0 atom stereocenters. The van der Waals surface area contributed by atoms with Crippen molar-refractivity contribution < 1.29 is 4.74 Å². The summed E-state index contributed by atoms with van der Waals surface area (Å²) in [5.74, 6) is 0.849. The molecule has 2 rings (SSSR count). The van der Waals surface area contributed by atoms with E-state index < -0.39 is 0 Å². The Morgan fingerprint density at radius 1 is 1.64 bits per heavy atom. The topological polar surface area (TPSA) is 53.1 Å². The van der Waals surface area contributed by atoms with E-state index in [0.717, 1.165) is 24.6 Å². The second-order valence-corrected chi connectivity index (χ2v) is 4.29. The first kappa shape index (κ1) is 11.3. The maximum absolute atomic E-state index is 5.62. The maximum Gasteiger partial charge on any atom is 0.216 e. The quantitative estimate of drug-likeness (QED) is 0.769. The molecule has 5 heteroatoms. The summed E-state index contributed by atoms with van der Waals surface area (Å²) >= 11 is 0. The average molecular weight is 218 g/mol. The summed E-state index contributed by atoms with van der Waals surface area (Å²) in [7, 11) is 0. The number of nitrogens with two attached hydrogens (primary N) is 1. The minimum Gasteiger partial charge on any atom is -0.477 e. The molecule has 0 saturated carbocycles. The zero-order valence-electron chi connectivity index (χ0n) is 8.49. The molecule has 0 spiro atoms. The van der Waals surface area contributed by atoms with Crippen molar-refractivity contribution in [1.29, 1.82) is 0 Å². The molecule has 0 aromatic carbocycles. The van der Waals surface area contributed by atoms with Gasteiger partial charge in [-0.1, -0.05) is 13.8 Å². The molecule has 14 heavy (non-hydrogen) atoms. The zero-order valence-corrected chi connectivity index (χ0v) is 9.30. The van der Waals surface area contributed by atoms with Crippen LogP contribution in [0.15, 0.2) is 6.20 Å². The van der Waals surface area contributed by atoms with E-state index in [1.165, 1.54) is 0 Å². The van der Waals surface area contributed by atoms with Crippen molar-refractivity contribution in [3.8, 4) is 5.88 Å². The van der Waals surface area contributed by atoms with E-state index in [2.05, 4.69) is 18.9 Å². The molecule has 2 N–H and O–H groups in total. The monoisotopic (exact) mass is 217 g/mol. The van der Waals surface area contributed by atoms with Gasteiger partial charge in [0.1, 0.15) is 0 Å². The van der Waals surface area contributed by atoms with Gasteiger partial charge >= 0.3 is 0 Å². The van der Waals surface area contributed by atoms with Crippen molar-refractivity contribution in [3.63, 3.8) is 0 Å². The van der Waals surface area contributed by atoms with E-state index in [4.69, 9.17) is 10.5 Å². The Balaban J connectivity index is 0.000000980. The predicted molar refractivity (Wildman–Crippen MR) is 56.6 cm³/mol. The second-order valence-electron chi connectivity index (χ2n) is 4.29. The number of hydrogen-bond acceptors (Lipinski definition) is 3. The van der Waals surface area contributed by atoms with E-state index in [0.29, 0.717) is 6.54 Å². The third-order valence-electron chi connectivity index (χ3n) is 2.26. The van der Waals surface area contributed by atoms with Crippen molar-refractivity contribution in [2.24, 2.45) is 11.1 Å². The van der Waals surface area contributed by atoms with Gasteiger partial charge in [0, 0.05) is 17.5 Å². The molecule has 80 valence electrons. The van der Waals surface area contributed by atoms with E-state index in [-0.39, 0.29) is 17.8 Å². The summed E-state index contributed by atoms with van der Waals surface area (Å²) in [4.78, 5) is 0. The normalized spacial score (nSPS) is 17.9. The Kier molecular flexibility index (Phi) is 3.07. The summed E-state index contributed by atoms with van der Waals surface area (Å²) in [5, 5.41) is 4.23. The molecule has 0 radical (unpaired) electrons. The summed E-state index contributed by atoms with van der Waals surface area (Å²) in [6.45, 7) is 6.48. The Bertz CT molecular complexity index is 322.